The summed E-state index contributed by atoms with van der Waals surface area (Å²) in [4.78, 5) is 78.1. The smallest absolute Gasteiger partial charge is 0.263 e. The second-order valence-corrected chi connectivity index (χ2v) is 15.0. The predicted molar refractivity (Wildman–Crippen MR) is 207 cm³/mol. The van der Waals surface area contributed by atoms with Crippen molar-refractivity contribution in [3.8, 4) is 11.5 Å². The Morgan fingerprint density at radius 3 is 2.61 bits per heavy atom. The van der Waals surface area contributed by atoms with Crippen LogP contribution in [0.15, 0.2) is 59.8 Å². The van der Waals surface area contributed by atoms with Gasteiger partial charge in [0.05, 0.1) is 35.4 Å². The fourth-order valence-electron chi connectivity index (χ4n) is 7.01. The monoisotopic (exact) mass is 803 g/mol. The number of benzene rings is 3. The molecule has 2 N–H and O–H groups in total. The van der Waals surface area contributed by atoms with Crippen molar-refractivity contribution in [2.24, 2.45) is 0 Å². The molecule has 0 radical (unpaired) electrons. The van der Waals surface area contributed by atoms with Crippen LogP contribution in [0, 0.1) is 5.82 Å². The second-order valence-electron chi connectivity index (χ2n) is 13.5. The van der Waals surface area contributed by atoms with Crippen molar-refractivity contribution < 1.29 is 37.8 Å². The highest BCUT2D eigenvalue weighted by Crippen LogP contribution is 2.36. The molecule has 7 rings (SSSR count). The maximum atomic E-state index is 13.7. The lowest BCUT2D eigenvalue weighted by Gasteiger charge is -2.34. The molecule has 1 aromatic heterocycles. The van der Waals surface area contributed by atoms with Gasteiger partial charge in [0.2, 0.25) is 17.7 Å². The molecule has 0 bridgehead atoms. The molecule has 4 aromatic rings. The molecule has 1 atom stereocenters. The molecule has 1 unspecified atom stereocenters. The summed E-state index contributed by atoms with van der Waals surface area (Å²) in [5.74, 6) is -0.439. The van der Waals surface area contributed by atoms with E-state index in [1.165, 1.54) is 30.2 Å². The molecular formula is C39H39ClFN7O7S. The third-order valence-electron chi connectivity index (χ3n) is 9.93. The third kappa shape index (κ3) is 8.41. The van der Waals surface area contributed by atoms with E-state index in [1.54, 1.807) is 37.4 Å². The number of hydrogen-bond donors (Lipinski definition) is 2. The largest absolute Gasteiger partial charge is 0.493 e. The van der Waals surface area contributed by atoms with Crippen LogP contribution in [0.3, 0.4) is 0 Å². The van der Waals surface area contributed by atoms with Gasteiger partial charge in [0, 0.05) is 67.6 Å². The second kappa shape index (κ2) is 17.2. The van der Waals surface area contributed by atoms with Gasteiger partial charge in [-0.2, -0.15) is 0 Å². The quantitative estimate of drug-likeness (QED) is 0.0992. The fraction of sp³-hybridized carbons (Fsp3) is 0.359. The molecule has 3 aliphatic rings. The molecular weight excluding hydrogens is 765 g/mol. The average Bonchev–Trinajstić information content (AvgIpc) is 3.45. The molecule has 17 heteroatoms. The van der Waals surface area contributed by atoms with E-state index in [4.69, 9.17) is 21.1 Å². The summed E-state index contributed by atoms with van der Waals surface area (Å²) in [7, 11) is 1.56. The molecule has 5 amide bonds. The van der Waals surface area contributed by atoms with Crippen LogP contribution in [-0.2, 0) is 14.4 Å². The lowest BCUT2D eigenvalue weighted by atomic mass is 10.0. The predicted octanol–water partition coefficient (Wildman–Crippen LogP) is 5.06. The van der Waals surface area contributed by atoms with E-state index in [0.29, 0.717) is 77.1 Å². The molecule has 3 aromatic carbocycles. The molecule has 0 aliphatic carbocycles. The Hall–Kier alpha value is -5.32. The zero-order valence-electron chi connectivity index (χ0n) is 30.5. The molecule has 14 nitrogen and oxygen atoms in total. The Morgan fingerprint density at radius 1 is 1.02 bits per heavy atom. The highest BCUT2D eigenvalue weighted by Gasteiger charge is 2.45. The molecule has 2 saturated heterocycles. The van der Waals surface area contributed by atoms with E-state index in [0.717, 1.165) is 31.0 Å². The van der Waals surface area contributed by atoms with Gasteiger partial charge in [0.25, 0.3) is 11.8 Å². The first-order valence-electron chi connectivity index (χ1n) is 18.3. The van der Waals surface area contributed by atoms with Crippen molar-refractivity contribution in [1.29, 1.82) is 0 Å². The fourth-order valence-corrected chi connectivity index (χ4v) is 8.21. The number of thioether (sulfide) groups is 1. The third-order valence-corrected chi connectivity index (χ3v) is 11.4. The van der Waals surface area contributed by atoms with Gasteiger partial charge in [-0.05, 0) is 61.4 Å². The zero-order chi connectivity index (χ0) is 39.3. The number of piperidine rings is 1. The van der Waals surface area contributed by atoms with Crippen molar-refractivity contribution in [3.05, 3.63) is 76.8 Å². The van der Waals surface area contributed by atoms with Gasteiger partial charge in [0.15, 0.2) is 11.5 Å². The number of amides is 5. The van der Waals surface area contributed by atoms with Gasteiger partial charge in [-0.25, -0.2) is 14.4 Å². The Balaban J connectivity index is 0.844. The Kier molecular flexibility index (Phi) is 12.0. The van der Waals surface area contributed by atoms with Gasteiger partial charge in [-0.15, -0.1) is 11.8 Å². The number of fused-ring (bicyclic) bond motifs is 2. The van der Waals surface area contributed by atoms with E-state index in [9.17, 15) is 28.4 Å². The van der Waals surface area contributed by atoms with Crippen LogP contribution in [-0.4, -0.2) is 112 Å². The Morgan fingerprint density at radius 2 is 1.84 bits per heavy atom. The van der Waals surface area contributed by atoms with Crippen molar-refractivity contribution in [2.45, 2.75) is 43.0 Å². The van der Waals surface area contributed by atoms with Crippen LogP contribution in [0.4, 0.5) is 15.9 Å². The number of halogens is 2. The lowest BCUT2D eigenvalue weighted by molar-refractivity contribution is -0.136. The summed E-state index contributed by atoms with van der Waals surface area (Å²) < 4.78 is 25.4. The minimum absolute atomic E-state index is 0.00473. The number of carbonyl (C=O) groups excluding carboxylic acids is 5. The number of piperazine rings is 1. The number of nitrogens with one attached hydrogen (secondary N) is 2. The first-order valence-corrected chi connectivity index (χ1v) is 19.6. The van der Waals surface area contributed by atoms with E-state index < -0.39 is 35.5 Å². The van der Waals surface area contributed by atoms with E-state index in [1.807, 2.05) is 11.0 Å². The molecule has 0 saturated carbocycles. The van der Waals surface area contributed by atoms with Gasteiger partial charge >= 0.3 is 0 Å². The number of ether oxygens (including phenoxy) is 2. The molecule has 0 spiro atoms. The van der Waals surface area contributed by atoms with E-state index >= 15 is 0 Å². The summed E-state index contributed by atoms with van der Waals surface area (Å²) in [6.45, 7) is 3.96. The molecule has 2 fully saturated rings. The number of rotatable bonds is 14. The average molecular weight is 804 g/mol. The first kappa shape index (κ1) is 38.9. The lowest BCUT2D eigenvalue weighted by Crippen LogP contribution is -2.54. The van der Waals surface area contributed by atoms with Crippen LogP contribution in [0.25, 0.3) is 10.9 Å². The molecule has 4 heterocycles. The summed E-state index contributed by atoms with van der Waals surface area (Å²) >= 11 is 7.37. The van der Waals surface area contributed by atoms with Crippen molar-refractivity contribution in [1.82, 2.24) is 30.0 Å². The van der Waals surface area contributed by atoms with E-state index in [2.05, 4.69) is 25.5 Å². The maximum absolute atomic E-state index is 13.7. The van der Waals surface area contributed by atoms with Crippen molar-refractivity contribution >= 4 is 75.3 Å². The summed E-state index contributed by atoms with van der Waals surface area (Å²) in [6, 6.07) is 12.0. The number of hydrogen-bond acceptors (Lipinski definition) is 12. The van der Waals surface area contributed by atoms with Crippen molar-refractivity contribution in [2.75, 3.05) is 57.5 Å². The number of nitrogens with zero attached hydrogens (tertiary/aromatic N) is 5. The zero-order valence-corrected chi connectivity index (χ0v) is 32.1. The number of anilines is 2. The molecule has 56 heavy (non-hydrogen) atoms. The summed E-state index contributed by atoms with van der Waals surface area (Å²) in [6.07, 6.45) is 3.28. The van der Waals surface area contributed by atoms with Gasteiger partial charge in [-0.1, -0.05) is 17.7 Å². The summed E-state index contributed by atoms with van der Waals surface area (Å²) in [5, 5.41) is 6.07. The highest BCUT2D eigenvalue weighted by atomic mass is 35.5. The normalized spacial score (nSPS) is 17.3. The van der Waals surface area contributed by atoms with Crippen LogP contribution in [0.2, 0.25) is 5.02 Å². The Bertz CT molecular complexity index is 2200. The number of aromatic nitrogens is 2. The first-order chi connectivity index (χ1) is 27.1. The number of carbonyl (C=O) groups is 5. The number of imide groups is 2. The topological polar surface area (TPSA) is 163 Å². The minimum Gasteiger partial charge on any atom is -0.493 e. The van der Waals surface area contributed by atoms with Crippen LogP contribution in [0.5, 0.6) is 11.5 Å². The summed E-state index contributed by atoms with van der Waals surface area (Å²) in [5.41, 5.74) is 1.72. The molecule has 3 aliphatic heterocycles. The standard InChI is InChI=1S/C39H39ClFN7O7S/c1-54-30-21-28-25(36(43-22-42-28)44-23-8-9-27(41)26(40)19-23)20-31(30)55-17-4-12-46-13-15-47(16-14-46)34(50)7-3-18-56-32-6-2-5-24-35(32)39(53)48(38(24)52)29-10-11-33(49)45-37(29)51/h2,5-6,8-9,19-22,29H,3-4,7,10-18H2,1H3,(H,42,43,44)(H,45,49,51). The van der Waals surface area contributed by atoms with Gasteiger partial charge in [0.1, 0.15) is 24.0 Å². The van der Waals surface area contributed by atoms with Gasteiger partial charge < -0.3 is 19.7 Å². The number of methoxy groups -OCH3 is 1. The van der Waals surface area contributed by atoms with E-state index in [-0.39, 0.29) is 34.9 Å². The molecule has 292 valence electrons. The van der Waals surface area contributed by atoms with Crippen molar-refractivity contribution in [3.63, 3.8) is 0 Å². The van der Waals surface area contributed by atoms with Crippen LogP contribution >= 0.6 is 23.4 Å². The van der Waals surface area contributed by atoms with Crippen LogP contribution in [0.1, 0.15) is 52.8 Å². The SMILES string of the molecule is COc1cc2ncnc(Nc3ccc(F)c(Cl)c3)c2cc1OCCCN1CCN(C(=O)CCCSc2cccc3c2C(=O)N(C2CCC(=O)NC2=O)C3=O)CC1. The maximum Gasteiger partial charge on any atom is 0.263 e. The van der Waals surface area contributed by atoms with Gasteiger partial charge in [-0.3, -0.25) is 39.1 Å². The Labute approximate surface area is 331 Å². The highest BCUT2D eigenvalue weighted by molar-refractivity contribution is 7.99. The minimum atomic E-state index is -1.02. The van der Waals surface area contributed by atoms with Crippen LogP contribution < -0.4 is 20.1 Å².